The van der Waals surface area contributed by atoms with Gasteiger partial charge in [-0.1, -0.05) is 55.4 Å². The van der Waals surface area contributed by atoms with Crippen LogP contribution in [-0.2, 0) is 4.74 Å². The van der Waals surface area contributed by atoms with Crippen molar-refractivity contribution in [1.82, 2.24) is 0 Å². The SMILES string of the molecule is CC.CC(C)C1(O)CCC(F)(F)CC1.CC(C)C1CCC(F)(F)CC1.COC1CCC(C(C)C)CC1. The molecule has 0 aromatic heterocycles. The number of halogens is 4. The van der Waals surface area contributed by atoms with Gasteiger partial charge in [0.1, 0.15) is 0 Å². The molecule has 0 amide bonds. The average Bonchev–Trinajstić information content (AvgIpc) is 2.83. The second-order valence-corrected chi connectivity index (χ2v) is 12.1. The quantitative estimate of drug-likeness (QED) is 0.369. The highest BCUT2D eigenvalue weighted by Crippen LogP contribution is 2.41. The molecular weight excluding hydrogens is 468 g/mol. The van der Waals surface area contributed by atoms with Crippen LogP contribution in [-0.4, -0.2) is 35.8 Å². The van der Waals surface area contributed by atoms with Crippen molar-refractivity contribution in [2.24, 2.45) is 29.6 Å². The van der Waals surface area contributed by atoms with Crippen molar-refractivity contribution in [1.29, 1.82) is 0 Å². The van der Waals surface area contributed by atoms with Gasteiger partial charge in [0, 0.05) is 32.8 Å². The molecule has 0 spiro atoms. The molecule has 6 heteroatoms. The van der Waals surface area contributed by atoms with Crippen molar-refractivity contribution in [3.63, 3.8) is 0 Å². The van der Waals surface area contributed by atoms with E-state index >= 15 is 0 Å². The summed E-state index contributed by atoms with van der Waals surface area (Å²) in [6, 6.07) is 0. The van der Waals surface area contributed by atoms with Gasteiger partial charge in [0.25, 0.3) is 0 Å². The maximum Gasteiger partial charge on any atom is 0.248 e. The smallest absolute Gasteiger partial charge is 0.248 e. The zero-order valence-electron chi connectivity index (χ0n) is 24.8. The Labute approximate surface area is 220 Å². The van der Waals surface area contributed by atoms with E-state index in [1.807, 2.05) is 34.8 Å². The van der Waals surface area contributed by atoms with Crippen molar-refractivity contribution in [3.05, 3.63) is 0 Å². The molecule has 3 aliphatic carbocycles. The molecule has 218 valence electrons. The lowest BCUT2D eigenvalue weighted by molar-refractivity contribution is -0.120. The molecule has 36 heavy (non-hydrogen) atoms. The summed E-state index contributed by atoms with van der Waals surface area (Å²) in [6.07, 6.45) is 7.63. The molecule has 0 saturated heterocycles. The average molecular weight is 527 g/mol. The van der Waals surface area contributed by atoms with Gasteiger partial charge in [-0.2, -0.15) is 0 Å². The number of alkyl halides is 4. The number of hydrogen-bond donors (Lipinski definition) is 1. The number of hydrogen-bond acceptors (Lipinski definition) is 2. The van der Waals surface area contributed by atoms with Crippen molar-refractivity contribution >= 4 is 0 Å². The van der Waals surface area contributed by atoms with Gasteiger partial charge in [0.2, 0.25) is 11.8 Å². The van der Waals surface area contributed by atoms with Gasteiger partial charge in [-0.15, -0.1) is 0 Å². The predicted octanol–water partition coefficient (Wildman–Crippen LogP) is 9.92. The van der Waals surface area contributed by atoms with Crippen molar-refractivity contribution in [2.45, 2.75) is 156 Å². The lowest BCUT2D eigenvalue weighted by atomic mass is 9.76. The molecule has 3 rings (SSSR count). The lowest BCUT2D eigenvalue weighted by Gasteiger charge is -2.38. The maximum atomic E-state index is 12.7. The fourth-order valence-electron chi connectivity index (χ4n) is 5.35. The summed E-state index contributed by atoms with van der Waals surface area (Å²) in [7, 11) is 1.83. The highest BCUT2D eigenvalue weighted by atomic mass is 19.3. The van der Waals surface area contributed by atoms with Crippen LogP contribution in [0.2, 0.25) is 0 Å². The number of aliphatic hydroxyl groups is 1. The van der Waals surface area contributed by atoms with Crippen LogP contribution < -0.4 is 0 Å². The van der Waals surface area contributed by atoms with E-state index in [9.17, 15) is 22.7 Å². The Morgan fingerprint density at radius 3 is 1.31 bits per heavy atom. The molecule has 3 aliphatic rings. The summed E-state index contributed by atoms with van der Waals surface area (Å²) in [5.41, 5.74) is -0.846. The van der Waals surface area contributed by atoms with Crippen molar-refractivity contribution in [2.75, 3.05) is 7.11 Å². The maximum absolute atomic E-state index is 12.7. The Bertz CT molecular complexity index is 535. The molecule has 0 radical (unpaired) electrons. The first kappa shape index (κ1) is 35.6. The summed E-state index contributed by atoms with van der Waals surface area (Å²) < 4.78 is 56.0. The highest BCUT2D eigenvalue weighted by Gasteiger charge is 2.43. The van der Waals surface area contributed by atoms with E-state index in [2.05, 4.69) is 27.7 Å². The summed E-state index contributed by atoms with van der Waals surface area (Å²) in [5.74, 6) is -1.88. The Hall–Kier alpha value is -0.360. The van der Waals surface area contributed by atoms with E-state index in [0.29, 0.717) is 30.8 Å². The first-order chi connectivity index (χ1) is 16.6. The number of ether oxygens (including phenoxy) is 1. The van der Waals surface area contributed by atoms with Gasteiger partial charge in [-0.05, 0) is 81.0 Å². The van der Waals surface area contributed by atoms with Gasteiger partial charge in [0.15, 0.2) is 0 Å². The van der Waals surface area contributed by atoms with Crippen LogP contribution in [0, 0.1) is 29.6 Å². The Kier molecular flexibility index (Phi) is 16.4. The zero-order valence-corrected chi connectivity index (χ0v) is 24.8. The molecule has 0 unspecified atom stereocenters. The molecule has 0 heterocycles. The standard InChI is InChI=1S/C10H20O.C9H16F2O.C9H16F2.C2H6/c1-8(2)9-4-6-10(11-3)7-5-9;1-7(2)8(12)3-5-9(10,11)6-4-8;1-7(2)8-3-5-9(10,11)6-4-8;1-2/h8-10H,4-7H2,1-3H3;7,12H,3-6H2,1-2H3;7-8H,3-6H2,1-2H3;1-2H3. The van der Waals surface area contributed by atoms with E-state index in [1.54, 1.807) is 0 Å². The van der Waals surface area contributed by atoms with Gasteiger partial charge in [-0.3, -0.25) is 0 Å². The van der Waals surface area contributed by atoms with E-state index in [0.717, 1.165) is 11.8 Å². The molecule has 0 aliphatic heterocycles. The van der Waals surface area contributed by atoms with E-state index in [-0.39, 0.29) is 44.4 Å². The van der Waals surface area contributed by atoms with Gasteiger partial charge >= 0.3 is 0 Å². The lowest BCUT2D eigenvalue weighted by Crippen LogP contribution is -2.42. The summed E-state index contributed by atoms with van der Waals surface area (Å²) in [5, 5.41) is 9.85. The molecule has 3 saturated carbocycles. The minimum Gasteiger partial charge on any atom is -0.390 e. The molecule has 1 N–H and O–H groups in total. The molecule has 0 bridgehead atoms. The summed E-state index contributed by atoms with van der Waals surface area (Å²) in [4.78, 5) is 0. The minimum atomic E-state index is -2.54. The monoisotopic (exact) mass is 526 g/mol. The molecule has 0 aromatic carbocycles. The van der Waals surface area contributed by atoms with Gasteiger partial charge in [-0.25, -0.2) is 17.6 Å². The number of rotatable bonds is 4. The normalized spacial score (nSPS) is 27.2. The van der Waals surface area contributed by atoms with E-state index in [1.165, 1.54) is 25.7 Å². The fraction of sp³-hybridized carbons (Fsp3) is 1.00. The van der Waals surface area contributed by atoms with Crippen LogP contribution in [0.5, 0.6) is 0 Å². The third-order valence-electron chi connectivity index (χ3n) is 8.62. The molecule has 0 aromatic rings. The molecule has 3 fully saturated rings. The van der Waals surface area contributed by atoms with Crippen molar-refractivity contribution < 1.29 is 27.4 Å². The third kappa shape index (κ3) is 13.4. The first-order valence-electron chi connectivity index (χ1n) is 14.6. The van der Waals surface area contributed by atoms with E-state index < -0.39 is 17.4 Å². The largest absolute Gasteiger partial charge is 0.390 e. The second-order valence-electron chi connectivity index (χ2n) is 12.1. The van der Waals surface area contributed by atoms with Crippen LogP contribution in [0.15, 0.2) is 0 Å². The third-order valence-corrected chi connectivity index (χ3v) is 8.62. The highest BCUT2D eigenvalue weighted by molar-refractivity contribution is 4.90. The summed E-state index contributed by atoms with van der Waals surface area (Å²) in [6.45, 7) is 16.7. The summed E-state index contributed by atoms with van der Waals surface area (Å²) >= 11 is 0. The van der Waals surface area contributed by atoms with Crippen LogP contribution >= 0.6 is 0 Å². The van der Waals surface area contributed by atoms with Gasteiger partial charge in [0.05, 0.1) is 11.7 Å². The van der Waals surface area contributed by atoms with Crippen LogP contribution in [0.25, 0.3) is 0 Å². The first-order valence-corrected chi connectivity index (χ1v) is 14.6. The van der Waals surface area contributed by atoms with Gasteiger partial charge < -0.3 is 9.84 Å². The van der Waals surface area contributed by atoms with Crippen molar-refractivity contribution in [3.8, 4) is 0 Å². The number of methoxy groups -OCH3 is 1. The minimum absolute atomic E-state index is 0.0774. The Morgan fingerprint density at radius 1 is 0.611 bits per heavy atom. The molecule has 0 atom stereocenters. The topological polar surface area (TPSA) is 29.5 Å². The zero-order chi connectivity index (χ0) is 28.2. The predicted molar refractivity (Wildman–Crippen MR) is 144 cm³/mol. The molecular formula is C30H58F4O2. The van der Waals surface area contributed by atoms with Crippen LogP contribution in [0.3, 0.4) is 0 Å². The fourth-order valence-corrected chi connectivity index (χ4v) is 5.35. The van der Waals surface area contributed by atoms with E-state index in [4.69, 9.17) is 4.74 Å². The van der Waals surface area contributed by atoms with Crippen LogP contribution in [0.1, 0.15) is 132 Å². The van der Waals surface area contributed by atoms with Crippen LogP contribution in [0.4, 0.5) is 17.6 Å². The Morgan fingerprint density at radius 2 is 0.972 bits per heavy atom. The Balaban J connectivity index is 0.000000493. The second kappa shape index (κ2) is 16.6. The molecule has 2 nitrogen and oxygen atoms in total.